The van der Waals surface area contributed by atoms with Gasteiger partial charge in [-0.1, -0.05) is 0 Å². The molecule has 6 nitrogen and oxygen atoms in total. The Morgan fingerprint density at radius 1 is 1.69 bits per heavy atom. The Morgan fingerprint density at radius 2 is 2.38 bits per heavy atom. The maximum atomic E-state index is 10.4. The summed E-state index contributed by atoms with van der Waals surface area (Å²) in [7, 11) is 0. The summed E-state index contributed by atoms with van der Waals surface area (Å²) in [6, 6.07) is 0. The van der Waals surface area contributed by atoms with Crippen molar-refractivity contribution in [2.75, 3.05) is 13.2 Å². The van der Waals surface area contributed by atoms with Gasteiger partial charge in [-0.05, 0) is 0 Å². The van der Waals surface area contributed by atoms with E-state index in [1.807, 2.05) is 0 Å². The van der Waals surface area contributed by atoms with Gasteiger partial charge in [0.2, 0.25) is 0 Å². The van der Waals surface area contributed by atoms with E-state index in [0.717, 1.165) is 0 Å². The van der Waals surface area contributed by atoms with E-state index in [4.69, 9.17) is 15.6 Å². The molecule has 1 aliphatic rings. The number of hydrogen-bond acceptors (Lipinski definition) is 5. The topological polar surface area (TPSA) is 102 Å². The Labute approximate surface area is 75.2 Å². The molecule has 0 saturated carbocycles. The van der Waals surface area contributed by atoms with E-state index in [2.05, 4.69) is 4.74 Å². The lowest BCUT2D eigenvalue weighted by Crippen LogP contribution is -2.45. The van der Waals surface area contributed by atoms with Gasteiger partial charge >= 0.3 is 6.09 Å². The summed E-state index contributed by atoms with van der Waals surface area (Å²) in [5, 5.41) is 18.0. The zero-order valence-electron chi connectivity index (χ0n) is 7.05. The van der Waals surface area contributed by atoms with E-state index in [0.29, 0.717) is 0 Å². The van der Waals surface area contributed by atoms with Crippen LogP contribution in [0.15, 0.2) is 0 Å². The van der Waals surface area contributed by atoms with Crippen LogP contribution in [0.2, 0.25) is 0 Å². The van der Waals surface area contributed by atoms with Gasteiger partial charge in [-0.15, -0.1) is 0 Å². The lowest BCUT2D eigenvalue weighted by Gasteiger charge is -2.31. The molecule has 0 unspecified atom stereocenters. The zero-order valence-corrected chi connectivity index (χ0v) is 7.05. The molecule has 0 radical (unpaired) electrons. The highest BCUT2D eigenvalue weighted by Crippen LogP contribution is 2.16. The molecule has 1 saturated heterocycles. The molecule has 1 heterocycles. The first-order chi connectivity index (χ1) is 6.13. The third-order valence-corrected chi connectivity index (χ3v) is 1.90. The summed E-state index contributed by atoms with van der Waals surface area (Å²) >= 11 is 0. The second-order valence-electron chi connectivity index (χ2n) is 2.92. The Morgan fingerprint density at radius 3 is 2.92 bits per heavy atom. The van der Waals surface area contributed by atoms with Gasteiger partial charge in [0.05, 0.1) is 19.3 Å². The van der Waals surface area contributed by atoms with E-state index in [1.54, 1.807) is 0 Å². The van der Waals surface area contributed by atoms with Gasteiger partial charge in [-0.25, -0.2) is 4.79 Å². The van der Waals surface area contributed by atoms with Gasteiger partial charge in [0.1, 0.15) is 12.2 Å². The first kappa shape index (κ1) is 10.2. The number of ether oxygens (including phenoxy) is 2. The van der Waals surface area contributed by atoms with Gasteiger partial charge in [-0.2, -0.15) is 0 Å². The number of carbonyl (C=O) groups excluding carboxylic acids is 1. The van der Waals surface area contributed by atoms with Crippen molar-refractivity contribution >= 4 is 6.09 Å². The van der Waals surface area contributed by atoms with Gasteiger partial charge in [0.15, 0.2) is 0 Å². The maximum absolute atomic E-state index is 10.4. The fraction of sp³-hybridized carbons (Fsp3) is 0.857. The van der Waals surface area contributed by atoms with Crippen LogP contribution in [0.1, 0.15) is 6.42 Å². The lowest BCUT2D eigenvalue weighted by atomic mass is 10.0. The summed E-state index contributed by atoms with van der Waals surface area (Å²) in [5.74, 6) is 0. The van der Waals surface area contributed by atoms with Gasteiger partial charge in [0, 0.05) is 6.42 Å². The Kier molecular flexibility index (Phi) is 3.47. The van der Waals surface area contributed by atoms with Gasteiger partial charge < -0.3 is 25.4 Å². The van der Waals surface area contributed by atoms with Crippen molar-refractivity contribution in [2.45, 2.75) is 24.7 Å². The fourth-order valence-corrected chi connectivity index (χ4v) is 1.23. The maximum Gasteiger partial charge on any atom is 0.404 e. The van der Waals surface area contributed by atoms with Crippen molar-refractivity contribution in [3.8, 4) is 0 Å². The predicted molar refractivity (Wildman–Crippen MR) is 41.9 cm³/mol. The van der Waals surface area contributed by atoms with Crippen molar-refractivity contribution in [3.63, 3.8) is 0 Å². The fourth-order valence-electron chi connectivity index (χ4n) is 1.23. The van der Waals surface area contributed by atoms with Crippen LogP contribution in [-0.4, -0.2) is 47.8 Å². The smallest absolute Gasteiger partial charge is 0.404 e. The number of amides is 1. The minimum absolute atomic E-state index is 0.0448. The minimum Gasteiger partial charge on any atom is -0.443 e. The van der Waals surface area contributed by atoms with E-state index in [1.165, 1.54) is 0 Å². The molecular weight excluding hydrogens is 178 g/mol. The molecule has 4 N–H and O–H groups in total. The summed E-state index contributed by atoms with van der Waals surface area (Å²) in [6.07, 6.45) is -2.60. The molecule has 13 heavy (non-hydrogen) atoms. The first-order valence-corrected chi connectivity index (χ1v) is 4.00. The van der Waals surface area contributed by atoms with Crippen LogP contribution in [0.3, 0.4) is 0 Å². The van der Waals surface area contributed by atoms with Crippen LogP contribution < -0.4 is 5.73 Å². The number of rotatable bonds is 2. The normalized spacial score (nSPS) is 34.2. The monoisotopic (exact) mass is 191 g/mol. The number of carbonyl (C=O) groups is 1. The highest BCUT2D eigenvalue weighted by atomic mass is 16.6. The number of hydrogen-bond donors (Lipinski definition) is 3. The molecule has 0 aromatic carbocycles. The molecule has 1 rings (SSSR count). The van der Waals surface area contributed by atoms with Crippen molar-refractivity contribution in [1.29, 1.82) is 0 Å². The van der Waals surface area contributed by atoms with Crippen molar-refractivity contribution in [1.82, 2.24) is 0 Å². The summed E-state index contributed by atoms with van der Waals surface area (Å²) in [6.45, 7) is -0.117. The van der Waals surface area contributed by atoms with Crippen molar-refractivity contribution in [3.05, 3.63) is 0 Å². The minimum atomic E-state index is -0.928. The van der Waals surface area contributed by atoms with Gasteiger partial charge in [-0.3, -0.25) is 0 Å². The summed E-state index contributed by atoms with van der Waals surface area (Å²) in [5.41, 5.74) is 4.80. The van der Waals surface area contributed by atoms with Crippen LogP contribution >= 0.6 is 0 Å². The third-order valence-electron chi connectivity index (χ3n) is 1.90. The van der Waals surface area contributed by atoms with Gasteiger partial charge in [0.25, 0.3) is 0 Å². The standard InChI is InChI=1S/C7H13NO5/c8-7(11)13-6-1-4(2-9)12-3-5(6)10/h4-6,9-10H,1-3H2,(H2,8,11)/t4-,5+,6-/m1/s1. The Hall–Kier alpha value is -0.850. The van der Waals surface area contributed by atoms with Crippen molar-refractivity contribution < 1.29 is 24.5 Å². The molecule has 0 spiro atoms. The molecule has 1 fully saturated rings. The molecule has 1 aliphatic heterocycles. The number of aliphatic hydroxyl groups excluding tert-OH is 2. The molecule has 1 amide bonds. The predicted octanol–water partition coefficient (Wildman–Crippen LogP) is -1.41. The molecular formula is C7H13NO5. The SMILES string of the molecule is NC(=O)O[C@@H]1C[C@H](CO)OC[C@@H]1O. The third kappa shape index (κ3) is 2.83. The molecule has 76 valence electrons. The second kappa shape index (κ2) is 4.40. The lowest BCUT2D eigenvalue weighted by molar-refractivity contribution is -0.131. The van der Waals surface area contributed by atoms with Crippen LogP contribution in [0.5, 0.6) is 0 Å². The number of nitrogens with two attached hydrogens (primary N) is 1. The van der Waals surface area contributed by atoms with E-state index in [9.17, 15) is 9.90 Å². The largest absolute Gasteiger partial charge is 0.443 e. The zero-order chi connectivity index (χ0) is 9.84. The van der Waals surface area contributed by atoms with E-state index in [-0.39, 0.29) is 19.6 Å². The van der Waals surface area contributed by atoms with E-state index < -0.39 is 24.4 Å². The molecule has 0 aromatic heterocycles. The highest BCUT2D eigenvalue weighted by molar-refractivity contribution is 5.64. The van der Waals surface area contributed by atoms with Crippen LogP contribution in [-0.2, 0) is 9.47 Å². The molecule has 3 atom stereocenters. The molecule has 0 aromatic rings. The van der Waals surface area contributed by atoms with E-state index >= 15 is 0 Å². The highest BCUT2D eigenvalue weighted by Gasteiger charge is 2.31. The molecule has 6 heteroatoms. The van der Waals surface area contributed by atoms with Crippen LogP contribution in [0.25, 0.3) is 0 Å². The summed E-state index contributed by atoms with van der Waals surface area (Å²) in [4.78, 5) is 10.4. The van der Waals surface area contributed by atoms with Crippen LogP contribution in [0.4, 0.5) is 4.79 Å². The quantitative estimate of drug-likeness (QED) is 0.497. The average molecular weight is 191 g/mol. The van der Waals surface area contributed by atoms with Crippen molar-refractivity contribution in [2.24, 2.45) is 5.73 Å². The Balaban J connectivity index is 2.44. The first-order valence-electron chi connectivity index (χ1n) is 4.00. The molecule has 0 aliphatic carbocycles. The summed E-state index contributed by atoms with van der Waals surface area (Å²) < 4.78 is 9.65. The average Bonchev–Trinajstić information content (AvgIpc) is 2.08. The number of aliphatic hydroxyl groups is 2. The molecule has 0 bridgehead atoms. The second-order valence-corrected chi connectivity index (χ2v) is 2.92. The van der Waals surface area contributed by atoms with Crippen LogP contribution in [0, 0.1) is 0 Å². The Bertz CT molecular complexity index is 186. The number of primary amides is 1.